The molecule has 0 saturated heterocycles. The summed E-state index contributed by atoms with van der Waals surface area (Å²) in [5.41, 5.74) is 2.74. The maximum absolute atomic E-state index is 13.0. The molecule has 1 unspecified atom stereocenters. The summed E-state index contributed by atoms with van der Waals surface area (Å²) in [7, 11) is 0. The van der Waals surface area contributed by atoms with Crippen LogP contribution in [0.2, 0.25) is 0 Å². The zero-order chi connectivity index (χ0) is 29.1. The van der Waals surface area contributed by atoms with Gasteiger partial charge in [-0.2, -0.15) is 13.2 Å². The molecular weight excluding hydrogens is 519 g/mol. The quantitative estimate of drug-likeness (QED) is 0.274. The van der Waals surface area contributed by atoms with E-state index in [0.29, 0.717) is 33.6 Å². The van der Waals surface area contributed by atoms with Crippen molar-refractivity contribution >= 4 is 11.9 Å². The Labute approximate surface area is 229 Å². The SMILES string of the molecule is CC(C)(C)c1ccc(C(=O)NC(Cc2ccc(-c3ncc(-c4cccc(C(F)(F)F)c4)cn3)cc2)C(=O)O)cc1. The molecule has 1 heterocycles. The van der Waals surface area contributed by atoms with E-state index in [1.807, 2.05) is 12.1 Å². The van der Waals surface area contributed by atoms with Crippen molar-refractivity contribution in [3.63, 3.8) is 0 Å². The number of benzene rings is 3. The molecule has 3 aromatic carbocycles. The van der Waals surface area contributed by atoms with Crippen LogP contribution >= 0.6 is 0 Å². The molecule has 0 saturated carbocycles. The van der Waals surface area contributed by atoms with Crippen LogP contribution in [0.4, 0.5) is 13.2 Å². The summed E-state index contributed by atoms with van der Waals surface area (Å²) in [5.74, 6) is -1.26. The zero-order valence-corrected chi connectivity index (χ0v) is 22.2. The first-order chi connectivity index (χ1) is 18.8. The van der Waals surface area contributed by atoms with E-state index in [2.05, 4.69) is 36.1 Å². The number of hydrogen-bond donors (Lipinski definition) is 2. The van der Waals surface area contributed by atoms with Gasteiger partial charge in [-0.25, -0.2) is 14.8 Å². The molecule has 1 amide bonds. The minimum absolute atomic E-state index is 0.0662. The first kappa shape index (κ1) is 28.5. The van der Waals surface area contributed by atoms with Gasteiger partial charge in [0.2, 0.25) is 0 Å². The molecule has 1 atom stereocenters. The topological polar surface area (TPSA) is 92.2 Å². The number of carbonyl (C=O) groups excluding carboxylic acids is 1. The van der Waals surface area contributed by atoms with E-state index in [4.69, 9.17) is 0 Å². The van der Waals surface area contributed by atoms with Gasteiger partial charge in [0.15, 0.2) is 5.82 Å². The molecule has 4 rings (SSSR count). The monoisotopic (exact) mass is 547 g/mol. The van der Waals surface area contributed by atoms with Gasteiger partial charge in [-0.1, -0.05) is 69.3 Å². The molecule has 0 spiro atoms. The van der Waals surface area contributed by atoms with Crippen molar-refractivity contribution in [1.82, 2.24) is 15.3 Å². The third-order valence-electron chi connectivity index (χ3n) is 6.44. The Kier molecular flexibility index (Phi) is 8.04. The second kappa shape index (κ2) is 11.3. The van der Waals surface area contributed by atoms with Crippen LogP contribution in [-0.2, 0) is 22.8 Å². The molecule has 0 radical (unpaired) electrons. The maximum atomic E-state index is 13.0. The number of carbonyl (C=O) groups is 2. The van der Waals surface area contributed by atoms with Crippen LogP contribution in [0.3, 0.4) is 0 Å². The van der Waals surface area contributed by atoms with Crippen LogP contribution in [0.5, 0.6) is 0 Å². The largest absolute Gasteiger partial charge is 0.480 e. The Bertz CT molecular complexity index is 1490. The van der Waals surface area contributed by atoms with Gasteiger partial charge in [0, 0.05) is 35.5 Å². The highest BCUT2D eigenvalue weighted by molar-refractivity contribution is 5.96. The standard InChI is InChI=1S/C31H28F3N3O3/c1-30(2,3)24-13-11-21(12-14-24)28(38)37-26(29(39)40)15-19-7-9-20(10-8-19)27-35-17-23(18-36-27)22-5-4-6-25(16-22)31(32,33)34/h4-14,16-18,26H,15H2,1-3H3,(H,37,38)(H,39,40). The highest BCUT2D eigenvalue weighted by Gasteiger charge is 2.30. The Morgan fingerprint density at radius 2 is 1.45 bits per heavy atom. The third kappa shape index (κ3) is 6.91. The molecule has 0 aliphatic carbocycles. The van der Waals surface area contributed by atoms with Crippen molar-refractivity contribution in [3.05, 3.63) is 107 Å². The van der Waals surface area contributed by atoms with Gasteiger partial charge in [0.1, 0.15) is 6.04 Å². The average molecular weight is 548 g/mol. The van der Waals surface area contributed by atoms with E-state index in [1.165, 1.54) is 18.5 Å². The predicted octanol–water partition coefficient (Wildman–Crippen LogP) is 6.55. The second-order valence-electron chi connectivity index (χ2n) is 10.5. The van der Waals surface area contributed by atoms with Gasteiger partial charge >= 0.3 is 12.1 Å². The van der Waals surface area contributed by atoms with Crippen LogP contribution in [0.15, 0.2) is 85.2 Å². The Morgan fingerprint density at radius 3 is 2.00 bits per heavy atom. The molecule has 206 valence electrons. The number of carboxylic acids is 1. The molecule has 6 nitrogen and oxygen atoms in total. The van der Waals surface area contributed by atoms with Crippen LogP contribution in [0.1, 0.15) is 47.8 Å². The molecule has 1 aromatic heterocycles. The lowest BCUT2D eigenvalue weighted by atomic mass is 9.86. The van der Waals surface area contributed by atoms with Crippen molar-refractivity contribution < 1.29 is 27.9 Å². The molecule has 40 heavy (non-hydrogen) atoms. The highest BCUT2D eigenvalue weighted by atomic mass is 19.4. The van der Waals surface area contributed by atoms with Crippen molar-refractivity contribution in [2.75, 3.05) is 0 Å². The van der Waals surface area contributed by atoms with Crippen molar-refractivity contribution in [2.24, 2.45) is 0 Å². The van der Waals surface area contributed by atoms with Crippen LogP contribution < -0.4 is 5.32 Å². The van der Waals surface area contributed by atoms with E-state index in [0.717, 1.165) is 17.7 Å². The van der Waals surface area contributed by atoms with Gasteiger partial charge in [-0.15, -0.1) is 0 Å². The number of aliphatic carboxylic acids is 1. The maximum Gasteiger partial charge on any atom is 0.416 e. The highest BCUT2D eigenvalue weighted by Crippen LogP contribution is 2.32. The minimum atomic E-state index is -4.45. The molecule has 4 aromatic rings. The predicted molar refractivity (Wildman–Crippen MR) is 146 cm³/mol. The lowest BCUT2D eigenvalue weighted by Crippen LogP contribution is -2.42. The Hall–Kier alpha value is -4.53. The van der Waals surface area contributed by atoms with Gasteiger partial charge in [0.05, 0.1) is 5.56 Å². The smallest absolute Gasteiger partial charge is 0.416 e. The van der Waals surface area contributed by atoms with Gasteiger partial charge in [-0.3, -0.25) is 4.79 Å². The van der Waals surface area contributed by atoms with E-state index < -0.39 is 29.7 Å². The summed E-state index contributed by atoms with van der Waals surface area (Å²) in [6.45, 7) is 6.20. The number of amides is 1. The Morgan fingerprint density at radius 1 is 0.825 bits per heavy atom. The number of alkyl halides is 3. The fraction of sp³-hybridized carbons (Fsp3) is 0.226. The summed E-state index contributed by atoms with van der Waals surface area (Å²) in [4.78, 5) is 33.1. The number of nitrogens with one attached hydrogen (secondary N) is 1. The molecule has 0 fully saturated rings. The Balaban J connectivity index is 1.43. The van der Waals surface area contributed by atoms with Crippen molar-refractivity contribution in [3.8, 4) is 22.5 Å². The summed E-state index contributed by atoms with van der Waals surface area (Å²) >= 11 is 0. The number of nitrogens with zero attached hydrogens (tertiary/aromatic N) is 2. The van der Waals surface area contributed by atoms with Gasteiger partial charge in [0.25, 0.3) is 5.91 Å². The third-order valence-corrected chi connectivity index (χ3v) is 6.44. The molecule has 2 N–H and O–H groups in total. The number of carboxylic acid groups (broad SMARTS) is 1. The van der Waals surface area contributed by atoms with E-state index in [1.54, 1.807) is 42.5 Å². The van der Waals surface area contributed by atoms with E-state index >= 15 is 0 Å². The molecule has 0 bridgehead atoms. The summed E-state index contributed by atoms with van der Waals surface area (Å²) in [6.07, 6.45) is -1.47. The lowest BCUT2D eigenvalue weighted by Gasteiger charge is -2.19. The van der Waals surface area contributed by atoms with Crippen molar-refractivity contribution in [1.29, 1.82) is 0 Å². The summed E-state index contributed by atoms with van der Waals surface area (Å²) in [5, 5.41) is 12.3. The fourth-order valence-corrected chi connectivity index (χ4v) is 4.09. The zero-order valence-electron chi connectivity index (χ0n) is 22.2. The van der Waals surface area contributed by atoms with Gasteiger partial charge in [-0.05, 0) is 46.4 Å². The second-order valence-corrected chi connectivity index (χ2v) is 10.5. The number of rotatable bonds is 7. The van der Waals surface area contributed by atoms with E-state index in [9.17, 15) is 27.9 Å². The normalized spacial score (nSPS) is 12.6. The van der Waals surface area contributed by atoms with Crippen LogP contribution in [0, 0.1) is 0 Å². The van der Waals surface area contributed by atoms with Crippen molar-refractivity contribution in [2.45, 2.75) is 44.8 Å². The number of halogens is 3. The summed E-state index contributed by atoms with van der Waals surface area (Å²) in [6, 6.07) is 17.8. The fourth-order valence-electron chi connectivity index (χ4n) is 4.09. The van der Waals surface area contributed by atoms with Gasteiger partial charge < -0.3 is 10.4 Å². The molecule has 0 aliphatic rings. The lowest BCUT2D eigenvalue weighted by molar-refractivity contribution is -0.139. The average Bonchev–Trinajstić information content (AvgIpc) is 2.92. The number of aromatic nitrogens is 2. The first-order valence-corrected chi connectivity index (χ1v) is 12.5. The molecular formula is C31H28F3N3O3. The van der Waals surface area contributed by atoms with E-state index in [-0.39, 0.29) is 11.8 Å². The molecule has 9 heteroatoms. The van der Waals surface area contributed by atoms with Crippen LogP contribution in [-0.4, -0.2) is 33.0 Å². The number of hydrogen-bond acceptors (Lipinski definition) is 4. The molecule has 0 aliphatic heterocycles. The first-order valence-electron chi connectivity index (χ1n) is 12.5. The van der Waals surface area contributed by atoms with Crippen LogP contribution in [0.25, 0.3) is 22.5 Å². The summed E-state index contributed by atoms with van der Waals surface area (Å²) < 4.78 is 39.1. The minimum Gasteiger partial charge on any atom is -0.480 e.